The summed E-state index contributed by atoms with van der Waals surface area (Å²) in [4.78, 5) is 0. The van der Waals surface area contributed by atoms with Crippen LogP contribution in [0.2, 0.25) is 0 Å². The van der Waals surface area contributed by atoms with Gasteiger partial charge in [0, 0.05) is 11.3 Å². The van der Waals surface area contributed by atoms with Crippen LogP contribution in [0.4, 0.5) is 4.39 Å². The van der Waals surface area contributed by atoms with Crippen LogP contribution in [0.3, 0.4) is 0 Å². The maximum Gasteiger partial charge on any atom is 0.247 e. The molecule has 0 N–H and O–H groups in total. The van der Waals surface area contributed by atoms with Crippen LogP contribution in [0.25, 0.3) is 17.5 Å². The summed E-state index contributed by atoms with van der Waals surface area (Å²) in [6.07, 6.45) is 4.20. The highest BCUT2D eigenvalue weighted by molar-refractivity contribution is 7.98. The van der Waals surface area contributed by atoms with Crippen molar-refractivity contribution in [2.45, 2.75) is 5.75 Å². The fourth-order valence-corrected chi connectivity index (χ4v) is 2.63. The number of rotatable bonds is 6. The van der Waals surface area contributed by atoms with E-state index in [1.807, 2.05) is 18.2 Å². The summed E-state index contributed by atoms with van der Waals surface area (Å²) in [6.45, 7) is 0. The summed E-state index contributed by atoms with van der Waals surface area (Å²) >= 11 is 1.69. The highest BCUT2D eigenvalue weighted by Gasteiger charge is 2.08. The Morgan fingerprint density at radius 2 is 1.78 bits per heavy atom. The maximum atomic E-state index is 12.9. The van der Waals surface area contributed by atoms with E-state index in [9.17, 15) is 4.39 Å². The van der Waals surface area contributed by atoms with Gasteiger partial charge in [-0.2, -0.15) is 0 Å². The number of benzene rings is 2. The molecule has 0 unspecified atom stereocenters. The standard InChI is InChI=1S/C18H15FN2OS/c19-16-10-8-15(9-11-16)18-21-20-17(22-18)13-23-12-4-7-14-5-2-1-3-6-14/h1-11H,12-13H2/b7-4+. The largest absolute Gasteiger partial charge is 0.420 e. The molecule has 0 aliphatic rings. The van der Waals surface area contributed by atoms with Crippen LogP contribution in [-0.4, -0.2) is 16.0 Å². The van der Waals surface area contributed by atoms with E-state index in [4.69, 9.17) is 4.42 Å². The molecule has 3 nitrogen and oxygen atoms in total. The fourth-order valence-electron chi connectivity index (χ4n) is 1.98. The van der Waals surface area contributed by atoms with Crippen LogP contribution in [0.15, 0.2) is 65.1 Å². The van der Waals surface area contributed by atoms with Gasteiger partial charge in [0.25, 0.3) is 0 Å². The van der Waals surface area contributed by atoms with E-state index in [-0.39, 0.29) is 5.82 Å². The summed E-state index contributed by atoms with van der Waals surface area (Å²) in [7, 11) is 0. The summed E-state index contributed by atoms with van der Waals surface area (Å²) < 4.78 is 18.5. The molecule has 0 saturated heterocycles. The molecular weight excluding hydrogens is 311 g/mol. The molecule has 116 valence electrons. The minimum Gasteiger partial charge on any atom is -0.420 e. The first-order valence-corrected chi connectivity index (χ1v) is 8.34. The molecule has 1 aromatic heterocycles. The Labute approximate surface area is 138 Å². The lowest BCUT2D eigenvalue weighted by Gasteiger charge is -1.95. The lowest BCUT2D eigenvalue weighted by molar-refractivity contribution is 0.528. The van der Waals surface area contributed by atoms with Crippen molar-refractivity contribution in [3.63, 3.8) is 0 Å². The van der Waals surface area contributed by atoms with Crippen LogP contribution in [0, 0.1) is 5.82 Å². The maximum absolute atomic E-state index is 12.9. The van der Waals surface area contributed by atoms with Gasteiger partial charge in [0.05, 0.1) is 5.75 Å². The van der Waals surface area contributed by atoms with Crippen molar-refractivity contribution in [1.29, 1.82) is 0 Å². The molecule has 3 rings (SSSR count). The molecule has 0 atom stereocenters. The molecular formula is C18H15FN2OS. The van der Waals surface area contributed by atoms with Gasteiger partial charge in [-0.15, -0.1) is 22.0 Å². The Morgan fingerprint density at radius 3 is 2.57 bits per heavy atom. The number of thioether (sulfide) groups is 1. The van der Waals surface area contributed by atoms with E-state index in [0.29, 0.717) is 17.5 Å². The van der Waals surface area contributed by atoms with Crippen molar-refractivity contribution < 1.29 is 8.81 Å². The highest BCUT2D eigenvalue weighted by Crippen LogP contribution is 2.20. The Balaban J connectivity index is 1.50. The van der Waals surface area contributed by atoms with Gasteiger partial charge in [-0.05, 0) is 29.8 Å². The Morgan fingerprint density at radius 1 is 1.00 bits per heavy atom. The molecule has 0 bridgehead atoms. The highest BCUT2D eigenvalue weighted by atomic mass is 32.2. The molecule has 0 spiro atoms. The zero-order valence-corrected chi connectivity index (χ0v) is 13.2. The molecule has 3 aromatic rings. The van der Waals surface area contributed by atoms with Crippen molar-refractivity contribution in [2.24, 2.45) is 0 Å². The van der Waals surface area contributed by atoms with Gasteiger partial charge in [0.15, 0.2) is 0 Å². The number of halogens is 1. The Kier molecular flexibility index (Phi) is 5.21. The second kappa shape index (κ2) is 7.74. The van der Waals surface area contributed by atoms with Gasteiger partial charge >= 0.3 is 0 Å². The first kappa shape index (κ1) is 15.5. The van der Waals surface area contributed by atoms with Gasteiger partial charge in [-0.3, -0.25) is 0 Å². The Bertz CT molecular complexity index is 769. The van der Waals surface area contributed by atoms with Crippen LogP contribution < -0.4 is 0 Å². The third kappa shape index (κ3) is 4.53. The minimum absolute atomic E-state index is 0.283. The zero-order valence-electron chi connectivity index (χ0n) is 12.4. The van der Waals surface area contributed by atoms with Crippen molar-refractivity contribution in [1.82, 2.24) is 10.2 Å². The molecule has 0 fully saturated rings. The quantitative estimate of drug-likeness (QED) is 0.609. The molecule has 0 radical (unpaired) electrons. The van der Waals surface area contributed by atoms with Gasteiger partial charge in [-0.25, -0.2) is 4.39 Å². The molecule has 0 saturated carbocycles. The molecule has 23 heavy (non-hydrogen) atoms. The van der Waals surface area contributed by atoms with Crippen LogP contribution >= 0.6 is 11.8 Å². The first-order valence-electron chi connectivity index (χ1n) is 7.19. The first-order chi connectivity index (χ1) is 11.3. The van der Waals surface area contributed by atoms with Gasteiger partial charge in [0.2, 0.25) is 11.8 Å². The number of aromatic nitrogens is 2. The van der Waals surface area contributed by atoms with Crippen LogP contribution in [0.5, 0.6) is 0 Å². The lowest BCUT2D eigenvalue weighted by Crippen LogP contribution is -1.81. The predicted octanol–water partition coefficient (Wildman–Crippen LogP) is 4.82. The van der Waals surface area contributed by atoms with Crippen LogP contribution in [0.1, 0.15) is 11.5 Å². The summed E-state index contributed by atoms with van der Waals surface area (Å²) in [5, 5.41) is 8.01. The molecule has 0 amide bonds. The zero-order chi connectivity index (χ0) is 15.9. The molecule has 5 heteroatoms. The van der Waals surface area contributed by atoms with Crippen molar-refractivity contribution in [3.8, 4) is 11.5 Å². The van der Waals surface area contributed by atoms with Crippen molar-refractivity contribution >= 4 is 17.8 Å². The van der Waals surface area contributed by atoms with E-state index in [0.717, 1.165) is 11.3 Å². The smallest absolute Gasteiger partial charge is 0.247 e. The lowest BCUT2D eigenvalue weighted by atomic mass is 10.2. The molecule has 2 aromatic carbocycles. The molecule has 0 aliphatic heterocycles. The third-order valence-electron chi connectivity index (χ3n) is 3.11. The van der Waals surface area contributed by atoms with Gasteiger partial charge < -0.3 is 4.42 Å². The van der Waals surface area contributed by atoms with Crippen molar-refractivity contribution in [3.05, 3.63) is 77.9 Å². The second-order valence-corrected chi connectivity index (χ2v) is 5.87. The summed E-state index contributed by atoms with van der Waals surface area (Å²) in [5.41, 5.74) is 1.91. The number of hydrogen-bond donors (Lipinski definition) is 0. The van der Waals surface area contributed by atoms with Gasteiger partial charge in [0.1, 0.15) is 5.82 Å². The Hall–Kier alpha value is -2.40. The van der Waals surface area contributed by atoms with Crippen LogP contribution in [-0.2, 0) is 5.75 Å². The average Bonchev–Trinajstić information content (AvgIpc) is 3.05. The SMILES string of the molecule is Fc1ccc(-c2nnc(CSC/C=C/c3ccccc3)o2)cc1. The number of hydrogen-bond acceptors (Lipinski definition) is 4. The van der Waals surface area contributed by atoms with E-state index >= 15 is 0 Å². The second-order valence-electron chi connectivity index (χ2n) is 4.84. The van der Waals surface area contributed by atoms with E-state index < -0.39 is 0 Å². The minimum atomic E-state index is -0.283. The average molecular weight is 326 g/mol. The van der Waals surface area contributed by atoms with Crippen molar-refractivity contribution in [2.75, 3.05) is 5.75 Å². The predicted molar refractivity (Wildman–Crippen MR) is 91.3 cm³/mol. The third-order valence-corrected chi connectivity index (χ3v) is 3.99. The fraction of sp³-hybridized carbons (Fsp3) is 0.111. The number of nitrogens with zero attached hydrogens (tertiary/aromatic N) is 2. The van der Waals surface area contributed by atoms with Gasteiger partial charge in [-0.1, -0.05) is 42.5 Å². The monoisotopic (exact) mass is 326 g/mol. The summed E-state index contributed by atoms with van der Waals surface area (Å²) in [6, 6.07) is 16.2. The van der Waals surface area contributed by atoms with E-state index in [2.05, 4.69) is 34.5 Å². The molecule has 0 aliphatic carbocycles. The topological polar surface area (TPSA) is 38.9 Å². The van der Waals surface area contributed by atoms with E-state index in [1.54, 1.807) is 23.9 Å². The molecule has 1 heterocycles. The normalized spacial score (nSPS) is 11.2. The van der Waals surface area contributed by atoms with E-state index in [1.165, 1.54) is 17.7 Å². The summed E-state index contributed by atoms with van der Waals surface area (Å²) in [5.74, 6) is 2.22.